The number of benzene rings is 15. The second kappa shape index (κ2) is 26.4. The van der Waals surface area contributed by atoms with E-state index in [2.05, 4.69) is 276 Å². The van der Waals surface area contributed by atoms with Gasteiger partial charge < -0.3 is 30.9 Å². The predicted molar refractivity (Wildman–Crippen MR) is 481 cm³/mol. The molecule has 8 aromatic heterocycles. The van der Waals surface area contributed by atoms with Crippen molar-refractivity contribution in [1.29, 1.82) is 0 Å². The van der Waals surface area contributed by atoms with Crippen LogP contribution in [0.3, 0.4) is 0 Å². The molecule has 11 heterocycles. The third-order valence-electron chi connectivity index (χ3n) is 23.5. The second-order valence-electron chi connectivity index (χ2n) is 29.9. The van der Waals surface area contributed by atoms with Gasteiger partial charge in [0.15, 0.2) is 0 Å². The van der Waals surface area contributed by atoms with Crippen molar-refractivity contribution in [1.82, 2.24) is 0 Å². The van der Waals surface area contributed by atoms with E-state index >= 15 is 0 Å². The van der Waals surface area contributed by atoms with Crippen LogP contribution in [-0.2, 0) is 0 Å². The van der Waals surface area contributed by atoms with Crippen molar-refractivity contribution in [3.05, 3.63) is 376 Å². The Kier molecular flexibility index (Phi) is 15.0. The van der Waals surface area contributed by atoms with Crippen LogP contribution in [-0.4, -0.2) is 20.1 Å². The highest BCUT2D eigenvalue weighted by atomic mass is 32.1. The van der Waals surface area contributed by atoms with Crippen LogP contribution in [0.4, 0.5) is 52.4 Å². The first-order valence-corrected chi connectivity index (χ1v) is 40.0. The van der Waals surface area contributed by atoms with Gasteiger partial charge in [-0.3, -0.25) is 14.7 Å². The maximum absolute atomic E-state index is 6.67. The molecular formula is C102H62B3N3O7S. The van der Waals surface area contributed by atoms with Gasteiger partial charge in [0.05, 0.1) is 17.1 Å². The van der Waals surface area contributed by atoms with Gasteiger partial charge in [0.1, 0.15) is 44.7 Å². The van der Waals surface area contributed by atoms with Gasteiger partial charge in [-0.1, -0.05) is 295 Å². The summed E-state index contributed by atoms with van der Waals surface area (Å²) in [5.41, 5.74) is 22.9. The molecule has 0 amide bonds. The highest BCUT2D eigenvalue weighted by Crippen LogP contribution is 2.47. The smallest absolute Gasteiger partial charge is 0.257 e. The van der Waals surface area contributed by atoms with Gasteiger partial charge in [-0.15, -0.1) is 11.3 Å². The van der Waals surface area contributed by atoms with E-state index in [0.29, 0.717) is 0 Å². The molecule has 0 fully saturated rings. The lowest BCUT2D eigenvalue weighted by Crippen LogP contribution is -2.56. The SMILES string of the molecule is c1ccc(-c2ccc(B3c4c(oc5ccccc45)N(c4ccccc4)c4oc5ccccc5c43)cc2)cc1.c1ccc(N2c3oc4ccccc4c3B(c3ccc4c(c3)oc3ccccc34)c3c2oc2ccccc32)cc1.c1ccc(N2c3oc4ccccc4c3B(c3ccc4sc5ccccc5c4c3)c3c2oc2ccccc32)cc1. The van der Waals surface area contributed by atoms with Crippen LogP contribution in [0.15, 0.2) is 407 Å². The molecule has 0 saturated carbocycles. The first-order valence-electron chi connectivity index (χ1n) is 39.2. The molecule has 542 valence electrons. The van der Waals surface area contributed by atoms with E-state index in [1.54, 1.807) is 0 Å². The quantitative estimate of drug-likeness (QED) is 0.143. The topological polar surface area (TPSA) is 102 Å². The van der Waals surface area contributed by atoms with E-state index in [9.17, 15) is 0 Å². The Labute approximate surface area is 669 Å². The number of furan rings is 7. The van der Waals surface area contributed by atoms with Gasteiger partial charge in [0.25, 0.3) is 20.1 Å². The first kappa shape index (κ1) is 65.8. The van der Waals surface area contributed by atoms with Gasteiger partial charge in [-0.05, 0) is 114 Å². The summed E-state index contributed by atoms with van der Waals surface area (Å²) in [5.74, 6) is 4.80. The maximum Gasteiger partial charge on any atom is 0.257 e. The number of nitrogens with zero attached hydrogens (tertiary/aromatic N) is 3. The van der Waals surface area contributed by atoms with Gasteiger partial charge in [0.2, 0.25) is 35.3 Å². The number of hydrogen-bond donors (Lipinski definition) is 0. The lowest BCUT2D eigenvalue weighted by atomic mass is 9.35. The minimum Gasteiger partial charge on any atom is -0.456 e. The van der Waals surface area contributed by atoms with Crippen molar-refractivity contribution in [3.63, 3.8) is 0 Å². The molecule has 0 N–H and O–H groups in total. The number of rotatable bonds is 7. The zero-order valence-corrected chi connectivity index (χ0v) is 63.0. The van der Waals surface area contributed by atoms with Crippen LogP contribution >= 0.6 is 11.3 Å². The first-order chi connectivity index (χ1) is 57.6. The Morgan fingerprint density at radius 1 is 0.181 bits per heavy atom. The van der Waals surface area contributed by atoms with E-state index in [1.807, 2.05) is 127 Å². The third-order valence-corrected chi connectivity index (χ3v) is 24.7. The highest BCUT2D eigenvalue weighted by Gasteiger charge is 2.47. The van der Waals surface area contributed by atoms with Crippen LogP contribution in [0.1, 0.15) is 0 Å². The highest BCUT2D eigenvalue weighted by molar-refractivity contribution is 7.26. The minimum atomic E-state index is -0.111. The number of thiophene rings is 1. The summed E-state index contributed by atoms with van der Waals surface area (Å²) in [4.78, 5) is 6.42. The van der Waals surface area contributed by atoms with Crippen molar-refractivity contribution in [2.75, 3.05) is 14.7 Å². The van der Waals surface area contributed by atoms with Gasteiger partial charge in [-0.2, -0.15) is 0 Å². The van der Waals surface area contributed by atoms with Crippen LogP contribution in [0.2, 0.25) is 0 Å². The monoisotopic (exact) mass is 1510 g/mol. The van der Waals surface area contributed by atoms with E-state index in [4.69, 9.17) is 30.9 Å². The molecule has 0 spiro atoms. The van der Waals surface area contributed by atoms with Crippen molar-refractivity contribution in [2.45, 2.75) is 0 Å². The van der Waals surface area contributed by atoms with Crippen molar-refractivity contribution < 1.29 is 30.9 Å². The number of hydrogen-bond acceptors (Lipinski definition) is 11. The fraction of sp³-hybridized carbons (Fsp3) is 0. The average Bonchev–Trinajstić information content (AvgIpc) is 1.55. The molecule has 0 saturated heterocycles. The normalized spacial score (nSPS) is 12.9. The molecule has 0 aliphatic carbocycles. The molecule has 116 heavy (non-hydrogen) atoms. The Bertz CT molecular complexity index is 7540. The zero-order chi connectivity index (χ0) is 76.1. The summed E-state index contributed by atoms with van der Waals surface area (Å²) < 4.78 is 48.8. The van der Waals surface area contributed by atoms with E-state index in [1.165, 1.54) is 53.2 Å². The number of fused-ring (bicyclic) bond motifs is 24. The minimum absolute atomic E-state index is 0.0444. The molecule has 10 nitrogen and oxygen atoms in total. The molecule has 0 bridgehead atoms. The molecule has 23 aromatic rings. The molecule has 0 unspecified atom stereocenters. The Morgan fingerprint density at radius 3 is 0.836 bits per heavy atom. The molecule has 3 aliphatic rings. The summed E-state index contributed by atoms with van der Waals surface area (Å²) in [5, 5.41) is 11.5. The zero-order valence-electron chi connectivity index (χ0n) is 62.1. The molecule has 3 aliphatic heterocycles. The van der Waals surface area contributed by atoms with Crippen molar-refractivity contribution in [3.8, 4) is 11.1 Å². The number of anilines is 9. The third kappa shape index (κ3) is 10.3. The fourth-order valence-electron chi connectivity index (χ4n) is 18.5. The largest absolute Gasteiger partial charge is 0.456 e. The van der Waals surface area contributed by atoms with Crippen LogP contribution in [0.5, 0.6) is 0 Å². The maximum atomic E-state index is 6.67. The van der Waals surface area contributed by atoms with Crippen LogP contribution in [0.25, 0.3) is 119 Å². The number of para-hydroxylation sites is 10. The molecular weight excluding hydrogens is 1440 g/mol. The van der Waals surface area contributed by atoms with E-state index in [0.717, 1.165) is 167 Å². The van der Waals surface area contributed by atoms with E-state index < -0.39 is 0 Å². The summed E-state index contributed by atoms with van der Waals surface area (Å²) >= 11 is 1.85. The lowest BCUT2D eigenvalue weighted by Gasteiger charge is -2.30. The van der Waals surface area contributed by atoms with Gasteiger partial charge >= 0.3 is 0 Å². The average molecular weight is 1510 g/mol. The molecule has 0 atom stereocenters. The summed E-state index contributed by atoms with van der Waals surface area (Å²) in [7, 11) is 0. The lowest BCUT2D eigenvalue weighted by molar-refractivity contribution is 0.584. The summed E-state index contributed by atoms with van der Waals surface area (Å²) in [6.07, 6.45) is 0. The fourth-order valence-corrected chi connectivity index (χ4v) is 19.6. The Balaban J connectivity index is 0.0000001000. The van der Waals surface area contributed by atoms with Crippen LogP contribution < -0.4 is 63.9 Å². The molecule has 0 radical (unpaired) electrons. The standard InChI is InChI=1S/C34H20BNO3.C34H20BNO2S.C34H22BNO2/c1-2-10-22(11-3-1)36-33-31(25-13-5-8-16-28(25)38-33)35(32-26-14-6-9-17-29(26)39-34(32)36)21-18-19-24-23-12-4-7-15-27(23)37-30(24)20-21;1-2-10-22(11-3-1)36-33-31(24-13-4-7-15-27(24)37-33)35(32-25-14-5-8-16-28(25)38-34(32)36)21-18-19-30-26(20-21)23-12-6-9-17-29(23)39-30;1-3-11-23(12-4-1)24-19-21-25(22-20-24)35-31-27-15-7-9-17-29(27)37-33(31)36(26-13-5-2-6-14-26)34-32(35)28-16-8-10-18-30(28)38-34/h2*1-20H;1-22H. The van der Waals surface area contributed by atoms with E-state index in [-0.39, 0.29) is 20.1 Å². The van der Waals surface area contributed by atoms with Crippen LogP contribution in [0, 0.1) is 0 Å². The Hall–Kier alpha value is -14.8. The second-order valence-corrected chi connectivity index (χ2v) is 31.0. The summed E-state index contributed by atoms with van der Waals surface area (Å²) in [6.45, 7) is -0.206. The molecule has 26 rings (SSSR count). The summed E-state index contributed by atoms with van der Waals surface area (Å²) in [6, 6.07) is 131. The molecule has 14 heteroatoms. The van der Waals surface area contributed by atoms with Gasteiger partial charge in [-0.25, -0.2) is 0 Å². The molecule has 15 aromatic carbocycles. The van der Waals surface area contributed by atoms with Crippen molar-refractivity contribution in [2.24, 2.45) is 0 Å². The van der Waals surface area contributed by atoms with Gasteiger partial charge in [0, 0.05) is 90.7 Å². The van der Waals surface area contributed by atoms with Crippen molar-refractivity contribution >= 4 is 241 Å². The predicted octanol–water partition coefficient (Wildman–Crippen LogP) is 22.4. The Morgan fingerprint density at radius 2 is 0.448 bits per heavy atom.